The summed E-state index contributed by atoms with van der Waals surface area (Å²) in [5, 5.41) is 9.85. The van der Waals surface area contributed by atoms with E-state index in [1.54, 1.807) is 0 Å². The summed E-state index contributed by atoms with van der Waals surface area (Å²) in [7, 11) is 0. The van der Waals surface area contributed by atoms with E-state index in [2.05, 4.69) is 0 Å². The van der Waals surface area contributed by atoms with Gasteiger partial charge in [-0.3, -0.25) is 0 Å². The number of halogens is 12. The lowest BCUT2D eigenvalue weighted by molar-refractivity contribution is -0.359. The molecule has 16 heteroatoms. The predicted octanol–water partition coefficient (Wildman–Crippen LogP) is 7.56. The number of aliphatic hydroxyl groups excluding tert-OH is 1. The molecule has 4 nitrogen and oxygen atoms in total. The first-order valence-corrected chi connectivity index (χ1v) is 11.1. The van der Waals surface area contributed by atoms with Crippen molar-refractivity contribution in [1.82, 2.24) is 0 Å². The maximum absolute atomic E-state index is 14.2. The van der Waals surface area contributed by atoms with Gasteiger partial charge in [0.1, 0.15) is 24.0 Å². The molecule has 0 bridgehead atoms. The molecule has 0 radical (unpaired) electrons. The van der Waals surface area contributed by atoms with Crippen LogP contribution in [-0.4, -0.2) is 36.0 Å². The molecule has 3 rings (SSSR count). The van der Waals surface area contributed by atoms with Crippen LogP contribution in [0.4, 0.5) is 58.4 Å². The third kappa shape index (κ3) is 7.48. The van der Waals surface area contributed by atoms with Gasteiger partial charge in [-0.2, -0.15) is 43.9 Å². The van der Waals surface area contributed by atoms with E-state index in [1.165, 1.54) is 12.1 Å². The van der Waals surface area contributed by atoms with E-state index in [4.69, 9.17) is 9.57 Å². The number of nitrogens with zero attached hydrogens (tertiary/aromatic N) is 1. The quantitative estimate of drug-likeness (QED) is 0.191. The molecule has 1 N–H and O–H groups in total. The van der Waals surface area contributed by atoms with Gasteiger partial charge in [0.2, 0.25) is 0 Å². The van der Waals surface area contributed by atoms with Crippen molar-refractivity contribution in [2.24, 2.45) is 0 Å². The van der Waals surface area contributed by atoms with Crippen molar-refractivity contribution in [3.8, 4) is 11.5 Å². The molecule has 224 valence electrons. The highest BCUT2D eigenvalue weighted by Gasteiger charge is 2.73. The Kier molecular flexibility index (Phi) is 8.96. The van der Waals surface area contributed by atoms with Gasteiger partial charge in [-0.1, -0.05) is 18.2 Å². The summed E-state index contributed by atoms with van der Waals surface area (Å²) in [6.07, 6.45) is -15.0. The molecule has 0 spiro atoms. The summed E-state index contributed by atoms with van der Waals surface area (Å²) in [6, 6.07) is 8.69. The van der Waals surface area contributed by atoms with Gasteiger partial charge in [0, 0.05) is 17.7 Å². The van der Waals surface area contributed by atoms with Crippen molar-refractivity contribution in [2.75, 3.05) is 11.6 Å². The number of rotatable bonds is 10. The summed E-state index contributed by atoms with van der Waals surface area (Å²) in [5.41, 5.74) is -2.18. The van der Waals surface area contributed by atoms with Crippen LogP contribution in [0.15, 0.2) is 66.7 Å². The highest BCUT2D eigenvalue weighted by Crippen LogP contribution is 2.52. The third-order valence-electron chi connectivity index (χ3n) is 5.31. The van der Waals surface area contributed by atoms with Gasteiger partial charge >= 0.3 is 24.2 Å². The molecule has 0 heterocycles. The SMILES string of the molecule is OC(CN(Oc1cccc(C(F)(F)C(F)(F)C(F)(F)F)c1)c1cccc(OCc2cc(F)cc(F)c2)c1)C(F)(F)F. The highest BCUT2D eigenvalue weighted by molar-refractivity contribution is 5.50. The van der Waals surface area contributed by atoms with Gasteiger partial charge < -0.3 is 14.7 Å². The molecule has 41 heavy (non-hydrogen) atoms. The zero-order valence-corrected chi connectivity index (χ0v) is 20.1. The Bertz CT molecular complexity index is 1320. The van der Waals surface area contributed by atoms with E-state index in [0.29, 0.717) is 17.2 Å². The number of aliphatic hydroxyl groups is 1. The second-order valence-electron chi connectivity index (χ2n) is 8.45. The van der Waals surface area contributed by atoms with Crippen LogP contribution in [0.3, 0.4) is 0 Å². The Hall–Kier alpha value is -3.82. The number of alkyl halides is 10. The summed E-state index contributed by atoms with van der Waals surface area (Å²) in [4.78, 5) is 5.11. The fourth-order valence-corrected chi connectivity index (χ4v) is 3.28. The predicted molar refractivity (Wildman–Crippen MR) is 119 cm³/mol. The van der Waals surface area contributed by atoms with Crippen LogP contribution in [-0.2, 0) is 12.5 Å². The van der Waals surface area contributed by atoms with Gasteiger partial charge in [-0.25, -0.2) is 13.8 Å². The molecular weight excluding hydrogens is 590 g/mol. The van der Waals surface area contributed by atoms with Crippen molar-refractivity contribution < 1.29 is 67.4 Å². The van der Waals surface area contributed by atoms with E-state index >= 15 is 0 Å². The lowest BCUT2D eigenvalue weighted by Gasteiger charge is -2.30. The van der Waals surface area contributed by atoms with Crippen molar-refractivity contribution in [1.29, 1.82) is 0 Å². The minimum absolute atomic E-state index is 0.0295. The Labute approximate surface area is 223 Å². The Morgan fingerprint density at radius 3 is 1.90 bits per heavy atom. The minimum atomic E-state index is -6.64. The smallest absolute Gasteiger partial charge is 0.460 e. The summed E-state index contributed by atoms with van der Waals surface area (Å²) in [5.74, 6) is -15.2. The van der Waals surface area contributed by atoms with E-state index in [0.717, 1.165) is 30.3 Å². The van der Waals surface area contributed by atoms with Crippen LogP contribution in [0.2, 0.25) is 0 Å². The van der Waals surface area contributed by atoms with Gasteiger partial charge in [0.05, 0.1) is 12.2 Å². The third-order valence-corrected chi connectivity index (χ3v) is 5.31. The molecular formula is C25H17F12NO3. The lowest BCUT2D eigenvalue weighted by Crippen LogP contribution is -2.50. The molecule has 3 aromatic rings. The minimum Gasteiger partial charge on any atom is -0.489 e. The highest BCUT2D eigenvalue weighted by atomic mass is 19.4. The normalized spacial score (nSPS) is 13.6. The largest absolute Gasteiger partial charge is 0.489 e. The zero-order valence-electron chi connectivity index (χ0n) is 20.1. The van der Waals surface area contributed by atoms with Crippen LogP contribution in [0.5, 0.6) is 11.5 Å². The van der Waals surface area contributed by atoms with Crippen molar-refractivity contribution in [3.05, 3.63) is 89.5 Å². The molecule has 0 saturated carbocycles. The monoisotopic (exact) mass is 607 g/mol. The fourth-order valence-electron chi connectivity index (χ4n) is 3.28. The molecule has 0 fully saturated rings. The number of ether oxygens (including phenoxy) is 1. The molecule has 1 unspecified atom stereocenters. The van der Waals surface area contributed by atoms with Crippen LogP contribution < -0.4 is 14.6 Å². The van der Waals surface area contributed by atoms with Gasteiger partial charge in [0.25, 0.3) is 0 Å². The number of anilines is 1. The maximum atomic E-state index is 14.2. The van der Waals surface area contributed by atoms with E-state index < -0.39 is 66.4 Å². The molecule has 0 aliphatic carbocycles. The second kappa shape index (κ2) is 11.6. The number of benzene rings is 3. The Balaban J connectivity index is 1.92. The second-order valence-corrected chi connectivity index (χ2v) is 8.45. The first-order valence-electron chi connectivity index (χ1n) is 11.1. The van der Waals surface area contributed by atoms with Crippen LogP contribution in [0, 0.1) is 11.6 Å². The molecule has 1 atom stereocenters. The molecule has 3 aromatic carbocycles. The average molecular weight is 607 g/mol. The maximum Gasteiger partial charge on any atom is 0.460 e. The number of hydrogen-bond donors (Lipinski definition) is 1. The molecule has 0 aromatic heterocycles. The van der Waals surface area contributed by atoms with Gasteiger partial charge in [0.15, 0.2) is 11.9 Å². The Morgan fingerprint density at radius 2 is 1.32 bits per heavy atom. The molecule has 0 aliphatic rings. The van der Waals surface area contributed by atoms with Crippen molar-refractivity contribution in [2.45, 2.75) is 36.9 Å². The van der Waals surface area contributed by atoms with E-state index in [9.17, 15) is 57.8 Å². The van der Waals surface area contributed by atoms with Crippen LogP contribution >= 0.6 is 0 Å². The van der Waals surface area contributed by atoms with Gasteiger partial charge in [-0.15, -0.1) is 0 Å². The van der Waals surface area contributed by atoms with Gasteiger partial charge in [-0.05, 0) is 42.0 Å². The number of hydrogen-bond acceptors (Lipinski definition) is 4. The summed E-state index contributed by atoms with van der Waals surface area (Å²) in [6.45, 7) is -1.85. The van der Waals surface area contributed by atoms with Crippen LogP contribution in [0.1, 0.15) is 11.1 Å². The van der Waals surface area contributed by atoms with E-state index in [1.807, 2.05) is 0 Å². The fraction of sp³-hybridized carbons (Fsp3) is 0.280. The lowest BCUT2D eigenvalue weighted by atomic mass is 10.0. The Morgan fingerprint density at radius 1 is 0.732 bits per heavy atom. The summed E-state index contributed by atoms with van der Waals surface area (Å²) >= 11 is 0. The molecule has 0 saturated heterocycles. The van der Waals surface area contributed by atoms with Crippen molar-refractivity contribution in [3.63, 3.8) is 0 Å². The topological polar surface area (TPSA) is 41.9 Å². The van der Waals surface area contributed by atoms with Crippen molar-refractivity contribution >= 4 is 5.69 Å². The zero-order chi connectivity index (χ0) is 30.8. The first kappa shape index (κ1) is 31.7. The average Bonchev–Trinajstić information content (AvgIpc) is 2.85. The first-order chi connectivity index (χ1) is 18.8. The molecule has 0 aliphatic heterocycles. The standard InChI is InChI=1S/C25H17F12NO3/c26-16-7-14(8-17(27)10-16)13-40-19-5-2-4-18(11-19)38(12-21(39)23(30,31)32)41-20-6-1-3-15(9-20)22(28,29)24(33,34)25(35,36)37/h1-11,21,39H,12-13H2. The van der Waals surface area contributed by atoms with E-state index in [-0.39, 0.29) is 29.1 Å². The van der Waals surface area contributed by atoms with Crippen LogP contribution in [0.25, 0.3) is 0 Å². The summed E-state index contributed by atoms with van der Waals surface area (Å²) < 4.78 is 165. The molecule has 0 amide bonds. The number of hydroxylamine groups is 1.